The molecule has 1 aromatic heterocycles. The third-order valence-corrected chi connectivity index (χ3v) is 5.20. The summed E-state index contributed by atoms with van der Waals surface area (Å²) in [4.78, 5) is 15.3. The summed E-state index contributed by atoms with van der Waals surface area (Å²) in [7, 11) is 0. The van der Waals surface area contributed by atoms with E-state index in [1.807, 2.05) is 25.1 Å². The Balaban J connectivity index is 1.62. The molecule has 2 aromatic rings. The zero-order valence-electron chi connectivity index (χ0n) is 13.3. The Kier molecular flexibility index (Phi) is 3.59. The number of amides is 1. The second-order valence-corrected chi connectivity index (χ2v) is 6.70. The van der Waals surface area contributed by atoms with E-state index in [0.717, 1.165) is 18.5 Å². The maximum atomic E-state index is 13.2. The molecule has 120 valence electrons. The van der Waals surface area contributed by atoms with Gasteiger partial charge in [-0.25, -0.2) is 4.68 Å². The lowest BCUT2D eigenvalue weighted by Crippen LogP contribution is -2.43. The molecule has 2 fully saturated rings. The molecule has 2 aliphatic rings. The van der Waals surface area contributed by atoms with Gasteiger partial charge in [-0.2, -0.15) is 0 Å². The van der Waals surface area contributed by atoms with Gasteiger partial charge in [0.05, 0.1) is 0 Å². The standard InChI is InChI=1S/C17H21N5O/c1-12-18-19-20-22(12)16(10-13-5-3-2-4-6-13)17(23)21-11-14-7-8-15(21)9-14/h2-6,14-16H,7-11H2,1H3/t14-,15-,16+/m0/s1. The Morgan fingerprint density at radius 2 is 2.13 bits per heavy atom. The highest BCUT2D eigenvalue weighted by molar-refractivity contribution is 5.81. The number of likely N-dealkylation sites (tertiary alicyclic amines) is 1. The molecule has 2 heterocycles. The fourth-order valence-corrected chi connectivity index (χ4v) is 4.03. The van der Waals surface area contributed by atoms with Crippen molar-refractivity contribution >= 4 is 5.91 Å². The van der Waals surface area contributed by atoms with Crippen LogP contribution in [0, 0.1) is 12.8 Å². The van der Waals surface area contributed by atoms with Crippen LogP contribution >= 0.6 is 0 Å². The fourth-order valence-electron chi connectivity index (χ4n) is 4.03. The summed E-state index contributed by atoms with van der Waals surface area (Å²) >= 11 is 0. The van der Waals surface area contributed by atoms with Gasteiger partial charge in [-0.05, 0) is 48.1 Å². The zero-order valence-corrected chi connectivity index (χ0v) is 13.3. The topological polar surface area (TPSA) is 63.9 Å². The van der Waals surface area contributed by atoms with E-state index in [0.29, 0.717) is 24.2 Å². The predicted molar refractivity (Wildman–Crippen MR) is 84.6 cm³/mol. The van der Waals surface area contributed by atoms with Crippen LogP contribution in [0.3, 0.4) is 0 Å². The van der Waals surface area contributed by atoms with E-state index in [1.54, 1.807) is 4.68 Å². The number of fused-ring (bicyclic) bond motifs is 2. The number of hydrogen-bond acceptors (Lipinski definition) is 4. The van der Waals surface area contributed by atoms with Crippen LogP contribution in [-0.2, 0) is 11.2 Å². The summed E-state index contributed by atoms with van der Waals surface area (Å²) < 4.78 is 1.68. The number of hydrogen-bond donors (Lipinski definition) is 0. The summed E-state index contributed by atoms with van der Waals surface area (Å²) in [6.07, 6.45) is 4.20. The molecule has 2 bridgehead atoms. The molecule has 0 radical (unpaired) electrons. The molecule has 6 nitrogen and oxygen atoms in total. The minimum atomic E-state index is -0.355. The van der Waals surface area contributed by atoms with Crippen LogP contribution in [0.5, 0.6) is 0 Å². The lowest BCUT2D eigenvalue weighted by molar-refractivity contribution is -0.136. The normalized spacial score (nSPS) is 24.1. The van der Waals surface area contributed by atoms with Crippen LogP contribution in [-0.4, -0.2) is 43.6 Å². The Morgan fingerprint density at radius 3 is 2.74 bits per heavy atom. The highest BCUT2D eigenvalue weighted by Crippen LogP contribution is 2.38. The van der Waals surface area contributed by atoms with Crippen molar-refractivity contribution in [2.45, 2.75) is 44.7 Å². The summed E-state index contributed by atoms with van der Waals surface area (Å²) in [5.74, 6) is 1.54. The van der Waals surface area contributed by atoms with Crippen LogP contribution in [0.25, 0.3) is 0 Å². The quantitative estimate of drug-likeness (QED) is 0.863. The van der Waals surface area contributed by atoms with Gasteiger partial charge in [0.2, 0.25) is 5.91 Å². The number of benzene rings is 1. The van der Waals surface area contributed by atoms with Gasteiger partial charge in [0, 0.05) is 19.0 Å². The van der Waals surface area contributed by atoms with E-state index in [2.05, 4.69) is 32.6 Å². The van der Waals surface area contributed by atoms with Crippen molar-refractivity contribution in [2.24, 2.45) is 5.92 Å². The number of tetrazole rings is 1. The van der Waals surface area contributed by atoms with Crippen molar-refractivity contribution in [3.05, 3.63) is 41.7 Å². The summed E-state index contributed by atoms with van der Waals surface area (Å²) in [6.45, 7) is 2.75. The average Bonchev–Trinajstić information content (AvgIpc) is 3.30. The SMILES string of the molecule is Cc1nnnn1[C@H](Cc1ccccc1)C(=O)N1C[C@H]2CC[C@H]1C2. The lowest BCUT2D eigenvalue weighted by atomic mass is 10.0. The van der Waals surface area contributed by atoms with Crippen molar-refractivity contribution < 1.29 is 4.79 Å². The summed E-state index contributed by atoms with van der Waals surface area (Å²) in [5.41, 5.74) is 1.13. The van der Waals surface area contributed by atoms with Crippen LogP contribution < -0.4 is 0 Å². The van der Waals surface area contributed by atoms with Crippen LogP contribution in [0.1, 0.15) is 36.7 Å². The fraction of sp³-hybridized carbons (Fsp3) is 0.529. The van der Waals surface area contributed by atoms with Gasteiger partial charge in [-0.15, -0.1) is 5.10 Å². The second-order valence-electron chi connectivity index (χ2n) is 6.70. The first-order valence-corrected chi connectivity index (χ1v) is 8.31. The molecule has 3 atom stereocenters. The molecule has 6 heteroatoms. The highest BCUT2D eigenvalue weighted by Gasteiger charge is 2.42. The van der Waals surface area contributed by atoms with Crippen molar-refractivity contribution in [1.29, 1.82) is 0 Å². The number of rotatable bonds is 4. The van der Waals surface area contributed by atoms with Crippen molar-refractivity contribution in [3.63, 3.8) is 0 Å². The number of nitrogens with zero attached hydrogens (tertiary/aromatic N) is 5. The Morgan fingerprint density at radius 1 is 1.30 bits per heavy atom. The van der Waals surface area contributed by atoms with Crippen LogP contribution in [0.15, 0.2) is 30.3 Å². The van der Waals surface area contributed by atoms with E-state index in [4.69, 9.17) is 0 Å². The Hall–Kier alpha value is -2.24. The maximum absolute atomic E-state index is 13.2. The molecule has 0 unspecified atom stereocenters. The highest BCUT2D eigenvalue weighted by atomic mass is 16.2. The minimum absolute atomic E-state index is 0.163. The molecule has 0 spiro atoms. The number of aromatic nitrogens is 4. The van der Waals surface area contributed by atoms with Gasteiger partial charge in [0.25, 0.3) is 0 Å². The molecule has 1 aliphatic carbocycles. The Bertz CT molecular complexity index is 698. The maximum Gasteiger partial charge on any atom is 0.248 e. The first-order chi connectivity index (χ1) is 11.2. The van der Waals surface area contributed by atoms with Crippen molar-refractivity contribution in [1.82, 2.24) is 25.1 Å². The molecular weight excluding hydrogens is 290 g/mol. The van der Waals surface area contributed by atoms with Gasteiger partial charge in [0.15, 0.2) is 0 Å². The van der Waals surface area contributed by atoms with E-state index in [9.17, 15) is 4.79 Å². The third kappa shape index (κ3) is 2.62. The van der Waals surface area contributed by atoms with E-state index >= 15 is 0 Å². The Labute approximate surface area is 135 Å². The predicted octanol–water partition coefficient (Wildman–Crippen LogP) is 1.78. The third-order valence-electron chi connectivity index (χ3n) is 5.20. The molecule has 1 saturated heterocycles. The number of piperidine rings is 1. The summed E-state index contributed by atoms with van der Waals surface area (Å²) in [6, 6.07) is 10.2. The van der Waals surface area contributed by atoms with E-state index in [1.165, 1.54) is 12.8 Å². The number of carbonyl (C=O) groups is 1. The van der Waals surface area contributed by atoms with Crippen LogP contribution in [0.2, 0.25) is 0 Å². The first kappa shape index (κ1) is 14.4. The van der Waals surface area contributed by atoms with Gasteiger partial charge in [-0.1, -0.05) is 30.3 Å². The average molecular weight is 311 g/mol. The van der Waals surface area contributed by atoms with E-state index < -0.39 is 0 Å². The minimum Gasteiger partial charge on any atom is -0.338 e. The monoisotopic (exact) mass is 311 g/mol. The van der Waals surface area contributed by atoms with E-state index in [-0.39, 0.29) is 11.9 Å². The van der Waals surface area contributed by atoms with Gasteiger partial charge < -0.3 is 4.90 Å². The van der Waals surface area contributed by atoms with Crippen LogP contribution in [0.4, 0.5) is 0 Å². The molecule has 4 rings (SSSR count). The molecule has 1 aliphatic heterocycles. The molecule has 1 saturated carbocycles. The first-order valence-electron chi connectivity index (χ1n) is 8.31. The van der Waals surface area contributed by atoms with Crippen molar-refractivity contribution in [3.8, 4) is 0 Å². The van der Waals surface area contributed by atoms with Gasteiger partial charge >= 0.3 is 0 Å². The zero-order chi connectivity index (χ0) is 15.8. The number of carbonyl (C=O) groups excluding carboxylic acids is 1. The lowest BCUT2D eigenvalue weighted by Gasteiger charge is -2.31. The summed E-state index contributed by atoms with van der Waals surface area (Å²) in [5, 5.41) is 11.8. The van der Waals surface area contributed by atoms with Crippen molar-refractivity contribution in [2.75, 3.05) is 6.54 Å². The molecule has 23 heavy (non-hydrogen) atoms. The molecular formula is C17H21N5O. The molecule has 1 aromatic carbocycles. The molecule has 0 N–H and O–H groups in total. The van der Waals surface area contributed by atoms with Gasteiger partial charge in [-0.3, -0.25) is 4.79 Å². The smallest absolute Gasteiger partial charge is 0.248 e. The number of aryl methyl sites for hydroxylation is 1. The van der Waals surface area contributed by atoms with Gasteiger partial charge in [0.1, 0.15) is 11.9 Å². The second kappa shape index (κ2) is 5.76. The molecule has 1 amide bonds. The largest absolute Gasteiger partial charge is 0.338 e.